The number of hydrogen-bond donors (Lipinski definition) is 1. The molecule has 32 heavy (non-hydrogen) atoms. The van der Waals surface area contributed by atoms with Gasteiger partial charge in [0.15, 0.2) is 6.23 Å². The quantitative estimate of drug-likeness (QED) is 0.503. The second-order valence-corrected chi connectivity index (χ2v) is 14.9. The molecule has 7 nitrogen and oxygen atoms in total. The first-order valence-corrected chi connectivity index (χ1v) is 14.3. The van der Waals surface area contributed by atoms with Gasteiger partial charge in [-0.3, -0.25) is 4.98 Å². The number of aromatic nitrogens is 4. The number of nitrogens with zero attached hydrogens (tertiary/aromatic N) is 4. The third-order valence-electron chi connectivity index (χ3n) is 6.61. The molecule has 1 N–H and O–H groups in total. The number of benzene rings is 1. The molecular formula is C24H34N4O3Si. The minimum absolute atomic E-state index is 0.0972. The lowest BCUT2D eigenvalue weighted by Crippen LogP contribution is -2.43. The topological polar surface area (TPSA) is 82.3 Å². The molecule has 8 heteroatoms. The number of aliphatic hydroxyl groups excluding tert-OH is 1. The van der Waals surface area contributed by atoms with E-state index in [0.717, 1.165) is 48.2 Å². The molecule has 3 aromatic rings. The van der Waals surface area contributed by atoms with Crippen molar-refractivity contribution < 1.29 is 14.3 Å². The van der Waals surface area contributed by atoms with E-state index in [1.165, 1.54) is 0 Å². The van der Waals surface area contributed by atoms with Gasteiger partial charge in [-0.15, -0.1) is 0 Å². The smallest absolute Gasteiger partial charge is 0.250 e. The zero-order chi connectivity index (χ0) is 23.1. The molecule has 172 valence electrons. The zero-order valence-corrected chi connectivity index (χ0v) is 20.9. The van der Waals surface area contributed by atoms with Crippen LogP contribution in [0, 0.1) is 0 Å². The molecule has 0 radical (unpaired) electrons. The highest BCUT2D eigenvalue weighted by molar-refractivity contribution is 6.74. The minimum Gasteiger partial charge on any atom is -0.543 e. The van der Waals surface area contributed by atoms with Crippen molar-refractivity contribution in [1.82, 2.24) is 19.7 Å². The largest absolute Gasteiger partial charge is 0.543 e. The van der Waals surface area contributed by atoms with Gasteiger partial charge in [0.05, 0.1) is 29.7 Å². The standard InChI is InChI=1S/C24H34N4O3Si/c1-16(29)19-14-25-15-20(26-19)23-18-13-17(31-32(5,6)24(2,3)4)10-11-21(18)28(27-23)22-9-7-8-12-30-22/h10-11,13-16,22,29H,7-9,12H2,1-6H3. The highest BCUT2D eigenvalue weighted by Gasteiger charge is 2.39. The molecule has 2 unspecified atom stereocenters. The van der Waals surface area contributed by atoms with E-state index < -0.39 is 14.4 Å². The SMILES string of the molecule is CC(O)c1cncc(-c2nn(C3CCCCO3)c3ccc(O[Si](C)(C)C(C)(C)C)cc23)n1. The normalized spacial score (nSPS) is 18.7. The molecule has 1 fully saturated rings. The maximum atomic E-state index is 10.0. The van der Waals surface area contributed by atoms with Gasteiger partial charge in [0, 0.05) is 12.0 Å². The van der Waals surface area contributed by atoms with E-state index in [1.54, 1.807) is 19.3 Å². The molecule has 1 aliphatic rings. The Bertz CT molecular complexity index is 1100. The number of ether oxygens (including phenoxy) is 1. The average molecular weight is 455 g/mol. The highest BCUT2D eigenvalue weighted by atomic mass is 28.4. The molecule has 1 aliphatic heterocycles. The maximum Gasteiger partial charge on any atom is 0.250 e. The van der Waals surface area contributed by atoms with E-state index in [2.05, 4.69) is 56.0 Å². The molecule has 2 atom stereocenters. The Kier molecular flexibility index (Phi) is 6.13. The Morgan fingerprint density at radius 1 is 1.22 bits per heavy atom. The van der Waals surface area contributed by atoms with Gasteiger partial charge in [0.25, 0.3) is 0 Å². The van der Waals surface area contributed by atoms with Crippen molar-refractivity contribution >= 4 is 19.2 Å². The summed E-state index contributed by atoms with van der Waals surface area (Å²) in [4.78, 5) is 8.93. The van der Waals surface area contributed by atoms with Crippen molar-refractivity contribution in [2.24, 2.45) is 0 Å². The van der Waals surface area contributed by atoms with Gasteiger partial charge >= 0.3 is 0 Å². The van der Waals surface area contributed by atoms with Crippen LogP contribution in [0.1, 0.15) is 65.0 Å². The van der Waals surface area contributed by atoms with Crippen LogP contribution < -0.4 is 4.43 Å². The van der Waals surface area contributed by atoms with Crippen molar-refractivity contribution in [2.75, 3.05) is 6.61 Å². The van der Waals surface area contributed by atoms with Crippen molar-refractivity contribution in [2.45, 2.75) is 77.4 Å². The van der Waals surface area contributed by atoms with Gasteiger partial charge in [-0.1, -0.05) is 20.8 Å². The predicted molar refractivity (Wildman–Crippen MR) is 128 cm³/mol. The summed E-state index contributed by atoms with van der Waals surface area (Å²) in [5.74, 6) is 0.842. The highest BCUT2D eigenvalue weighted by Crippen LogP contribution is 2.39. The van der Waals surface area contributed by atoms with Crippen molar-refractivity contribution in [3.63, 3.8) is 0 Å². The van der Waals surface area contributed by atoms with Crippen molar-refractivity contribution in [3.8, 4) is 17.1 Å². The fourth-order valence-electron chi connectivity index (χ4n) is 3.65. The van der Waals surface area contributed by atoms with E-state index in [-0.39, 0.29) is 11.3 Å². The first-order valence-electron chi connectivity index (χ1n) is 11.4. The Balaban J connectivity index is 1.84. The van der Waals surface area contributed by atoms with Crippen LogP contribution in [0.3, 0.4) is 0 Å². The van der Waals surface area contributed by atoms with Gasteiger partial charge in [-0.25, -0.2) is 9.67 Å². The Labute approximate surface area is 190 Å². The van der Waals surface area contributed by atoms with E-state index in [0.29, 0.717) is 11.4 Å². The molecule has 0 amide bonds. The fourth-order valence-corrected chi connectivity index (χ4v) is 4.68. The minimum atomic E-state index is -1.99. The molecule has 2 aromatic heterocycles. The van der Waals surface area contributed by atoms with Crippen LogP contribution in [0.15, 0.2) is 30.6 Å². The molecule has 0 bridgehead atoms. The summed E-state index contributed by atoms with van der Waals surface area (Å²) in [5, 5.41) is 16.0. The lowest BCUT2D eigenvalue weighted by molar-refractivity contribution is -0.0365. The number of rotatable bonds is 5. The van der Waals surface area contributed by atoms with E-state index >= 15 is 0 Å². The van der Waals surface area contributed by atoms with Crippen LogP contribution in [-0.2, 0) is 4.74 Å². The summed E-state index contributed by atoms with van der Waals surface area (Å²) in [5.41, 5.74) is 2.86. The van der Waals surface area contributed by atoms with Crippen LogP contribution in [-0.4, -0.2) is 39.8 Å². The van der Waals surface area contributed by atoms with Crippen LogP contribution in [0.4, 0.5) is 0 Å². The third-order valence-corrected chi connectivity index (χ3v) is 11.0. The fraction of sp³-hybridized carbons (Fsp3) is 0.542. The van der Waals surface area contributed by atoms with Crippen molar-refractivity contribution in [1.29, 1.82) is 0 Å². The van der Waals surface area contributed by atoms with Gasteiger partial charge in [-0.2, -0.15) is 5.10 Å². The lowest BCUT2D eigenvalue weighted by atomic mass is 10.1. The molecule has 0 saturated carbocycles. The van der Waals surface area contributed by atoms with Gasteiger partial charge in [0.1, 0.15) is 17.1 Å². The maximum absolute atomic E-state index is 10.0. The molecular weight excluding hydrogens is 420 g/mol. The molecule has 3 heterocycles. The second-order valence-electron chi connectivity index (χ2n) is 10.2. The zero-order valence-electron chi connectivity index (χ0n) is 19.9. The lowest BCUT2D eigenvalue weighted by Gasteiger charge is -2.36. The average Bonchev–Trinajstić information content (AvgIpc) is 3.12. The Hall–Kier alpha value is -2.29. The van der Waals surface area contributed by atoms with Gasteiger partial charge in [0.2, 0.25) is 8.32 Å². The molecule has 4 rings (SSSR count). The molecule has 0 aliphatic carbocycles. The van der Waals surface area contributed by atoms with Gasteiger partial charge < -0.3 is 14.3 Å². The third kappa shape index (κ3) is 4.44. The molecule has 1 aromatic carbocycles. The Morgan fingerprint density at radius 2 is 2.00 bits per heavy atom. The molecule has 1 saturated heterocycles. The summed E-state index contributed by atoms with van der Waals surface area (Å²) in [6, 6.07) is 6.16. The van der Waals surface area contributed by atoms with Crippen LogP contribution in [0.2, 0.25) is 18.1 Å². The first kappa shape index (κ1) is 22.9. The second kappa shape index (κ2) is 8.57. The Morgan fingerprint density at radius 3 is 2.66 bits per heavy atom. The summed E-state index contributed by atoms with van der Waals surface area (Å²) < 4.78 is 14.6. The summed E-state index contributed by atoms with van der Waals surface area (Å²) in [6.07, 6.45) is 5.61. The van der Waals surface area contributed by atoms with Crippen LogP contribution in [0.5, 0.6) is 5.75 Å². The number of aliphatic hydroxyl groups is 1. The summed E-state index contributed by atoms with van der Waals surface area (Å²) in [7, 11) is -1.99. The van der Waals surface area contributed by atoms with Crippen LogP contribution in [0.25, 0.3) is 22.3 Å². The number of hydrogen-bond acceptors (Lipinski definition) is 6. The van der Waals surface area contributed by atoms with Crippen molar-refractivity contribution in [3.05, 3.63) is 36.3 Å². The van der Waals surface area contributed by atoms with E-state index in [1.807, 2.05) is 10.7 Å². The first-order chi connectivity index (χ1) is 15.1. The van der Waals surface area contributed by atoms with E-state index in [9.17, 15) is 5.11 Å². The summed E-state index contributed by atoms with van der Waals surface area (Å²) >= 11 is 0. The van der Waals surface area contributed by atoms with Crippen LogP contribution >= 0.6 is 0 Å². The number of fused-ring (bicyclic) bond motifs is 1. The van der Waals surface area contributed by atoms with E-state index in [4.69, 9.17) is 14.3 Å². The van der Waals surface area contributed by atoms with Gasteiger partial charge in [-0.05, 0) is 62.5 Å². The monoisotopic (exact) mass is 454 g/mol. The summed E-state index contributed by atoms with van der Waals surface area (Å²) in [6.45, 7) is 13.6. The predicted octanol–water partition coefficient (Wildman–Crippen LogP) is 5.63. The molecule has 0 spiro atoms.